The lowest BCUT2D eigenvalue weighted by Crippen LogP contribution is -2.34. The molecule has 2 atom stereocenters. The Bertz CT molecular complexity index is 106. The first-order valence-electron chi connectivity index (χ1n) is 4.69. The number of rotatable bonds is 3. The minimum Gasteiger partial charge on any atom is -0.327 e. The van der Waals surface area contributed by atoms with E-state index in [-0.39, 0.29) is 0 Å². The quantitative estimate of drug-likeness (QED) is 0.642. The molecule has 1 rings (SSSR count). The third-order valence-electron chi connectivity index (χ3n) is 2.58. The van der Waals surface area contributed by atoms with Gasteiger partial charge >= 0.3 is 0 Å². The van der Waals surface area contributed by atoms with Gasteiger partial charge < -0.3 is 11.1 Å². The van der Waals surface area contributed by atoms with Gasteiger partial charge in [0.1, 0.15) is 0 Å². The number of hydrogen-bond donors (Lipinski definition) is 2. The van der Waals surface area contributed by atoms with Crippen LogP contribution in [0.2, 0.25) is 0 Å². The van der Waals surface area contributed by atoms with E-state index < -0.39 is 0 Å². The van der Waals surface area contributed by atoms with Crippen LogP contribution in [0.25, 0.3) is 0 Å². The summed E-state index contributed by atoms with van der Waals surface area (Å²) < 4.78 is 0. The van der Waals surface area contributed by atoms with Crippen LogP contribution in [0, 0.1) is 5.92 Å². The molecule has 0 unspecified atom stereocenters. The smallest absolute Gasteiger partial charge is 0.00823 e. The van der Waals surface area contributed by atoms with Crippen LogP contribution in [0.4, 0.5) is 0 Å². The van der Waals surface area contributed by atoms with Gasteiger partial charge in [-0.2, -0.15) is 0 Å². The Balaban J connectivity index is 2.18. The molecule has 11 heavy (non-hydrogen) atoms. The van der Waals surface area contributed by atoms with Gasteiger partial charge in [0.05, 0.1) is 0 Å². The third kappa shape index (κ3) is 2.80. The van der Waals surface area contributed by atoms with E-state index in [9.17, 15) is 0 Å². The van der Waals surface area contributed by atoms with E-state index >= 15 is 0 Å². The van der Waals surface area contributed by atoms with Crippen LogP contribution in [0.5, 0.6) is 0 Å². The second kappa shape index (κ2) is 4.07. The maximum atomic E-state index is 5.96. The van der Waals surface area contributed by atoms with E-state index in [1.54, 1.807) is 0 Å². The van der Waals surface area contributed by atoms with Gasteiger partial charge in [-0.05, 0) is 31.7 Å². The first kappa shape index (κ1) is 9.01. The Hall–Kier alpha value is -0.0800. The van der Waals surface area contributed by atoms with Crippen LogP contribution in [0.1, 0.15) is 33.1 Å². The van der Waals surface area contributed by atoms with Gasteiger partial charge in [0.2, 0.25) is 0 Å². The molecular weight excluding hydrogens is 136 g/mol. The molecule has 1 aliphatic heterocycles. The summed E-state index contributed by atoms with van der Waals surface area (Å²) in [5, 5.41) is 3.46. The number of nitrogens with one attached hydrogen (secondary N) is 1. The Morgan fingerprint density at radius 2 is 2.27 bits per heavy atom. The first-order valence-corrected chi connectivity index (χ1v) is 4.69. The molecule has 0 radical (unpaired) electrons. The van der Waals surface area contributed by atoms with Crippen molar-refractivity contribution in [3.05, 3.63) is 0 Å². The molecule has 2 heteroatoms. The predicted molar refractivity (Wildman–Crippen MR) is 48.5 cm³/mol. The molecule has 0 amide bonds. The molecule has 0 bridgehead atoms. The summed E-state index contributed by atoms with van der Waals surface area (Å²) in [5.74, 6) is 0.623. The van der Waals surface area contributed by atoms with Gasteiger partial charge in [-0.3, -0.25) is 0 Å². The van der Waals surface area contributed by atoms with E-state index in [0.29, 0.717) is 18.0 Å². The van der Waals surface area contributed by atoms with Gasteiger partial charge in [0.25, 0.3) is 0 Å². The first-order chi connectivity index (χ1) is 5.20. The normalized spacial score (nSPS) is 27.8. The molecule has 1 aliphatic rings. The number of hydrogen-bond acceptors (Lipinski definition) is 2. The lowest BCUT2D eigenvalue weighted by atomic mass is 9.97. The fourth-order valence-corrected chi connectivity index (χ4v) is 1.56. The molecule has 1 fully saturated rings. The van der Waals surface area contributed by atoms with Crippen molar-refractivity contribution < 1.29 is 0 Å². The van der Waals surface area contributed by atoms with Crippen LogP contribution >= 0.6 is 0 Å². The standard InChI is InChI=1S/C9H20N2/c1-7(2)9(10)6-8-4-3-5-11-8/h7-9,11H,3-6,10H2,1-2H3/t8-,9+/m1/s1. The molecule has 2 nitrogen and oxygen atoms in total. The summed E-state index contributed by atoms with van der Waals surface area (Å²) in [6.45, 7) is 5.58. The van der Waals surface area contributed by atoms with Crippen molar-refractivity contribution in [2.45, 2.75) is 45.2 Å². The van der Waals surface area contributed by atoms with Crippen molar-refractivity contribution in [3.8, 4) is 0 Å². The second-order valence-corrected chi connectivity index (χ2v) is 3.94. The largest absolute Gasteiger partial charge is 0.327 e. The fourth-order valence-electron chi connectivity index (χ4n) is 1.56. The molecule has 1 heterocycles. The van der Waals surface area contributed by atoms with E-state index in [1.807, 2.05) is 0 Å². The maximum absolute atomic E-state index is 5.96. The fraction of sp³-hybridized carbons (Fsp3) is 1.00. The zero-order valence-corrected chi connectivity index (χ0v) is 7.64. The average molecular weight is 156 g/mol. The Labute approximate surface area is 69.5 Å². The van der Waals surface area contributed by atoms with Gasteiger partial charge in [-0.15, -0.1) is 0 Å². The monoisotopic (exact) mass is 156 g/mol. The lowest BCUT2D eigenvalue weighted by Gasteiger charge is -2.19. The van der Waals surface area contributed by atoms with Crippen LogP contribution in [0.15, 0.2) is 0 Å². The van der Waals surface area contributed by atoms with Gasteiger partial charge in [-0.1, -0.05) is 13.8 Å². The van der Waals surface area contributed by atoms with Gasteiger partial charge in [-0.25, -0.2) is 0 Å². The van der Waals surface area contributed by atoms with Crippen LogP contribution in [-0.4, -0.2) is 18.6 Å². The van der Waals surface area contributed by atoms with Crippen LogP contribution < -0.4 is 11.1 Å². The van der Waals surface area contributed by atoms with Gasteiger partial charge in [0, 0.05) is 12.1 Å². The van der Waals surface area contributed by atoms with Gasteiger partial charge in [0.15, 0.2) is 0 Å². The summed E-state index contributed by atoms with van der Waals surface area (Å²) in [6.07, 6.45) is 3.80. The highest BCUT2D eigenvalue weighted by molar-refractivity contribution is 4.79. The highest BCUT2D eigenvalue weighted by atomic mass is 14.9. The average Bonchev–Trinajstić information content (AvgIpc) is 2.39. The topological polar surface area (TPSA) is 38.0 Å². The van der Waals surface area contributed by atoms with Crippen molar-refractivity contribution >= 4 is 0 Å². The summed E-state index contributed by atoms with van der Waals surface area (Å²) in [6, 6.07) is 1.08. The van der Waals surface area contributed by atoms with E-state index in [1.165, 1.54) is 19.4 Å². The Kier molecular flexibility index (Phi) is 3.34. The highest BCUT2D eigenvalue weighted by Crippen LogP contribution is 2.13. The SMILES string of the molecule is CC(C)[C@@H](N)C[C@H]1CCCN1. The molecule has 0 saturated carbocycles. The molecular formula is C9H20N2. The summed E-state index contributed by atoms with van der Waals surface area (Å²) >= 11 is 0. The predicted octanol–water partition coefficient (Wildman–Crippen LogP) is 1.11. The van der Waals surface area contributed by atoms with Crippen molar-refractivity contribution in [1.82, 2.24) is 5.32 Å². The van der Waals surface area contributed by atoms with Crippen molar-refractivity contribution in [3.63, 3.8) is 0 Å². The zero-order chi connectivity index (χ0) is 8.27. The summed E-state index contributed by atoms with van der Waals surface area (Å²) in [7, 11) is 0. The molecule has 66 valence electrons. The van der Waals surface area contributed by atoms with Crippen LogP contribution in [-0.2, 0) is 0 Å². The summed E-state index contributed by atoms with van der Waals surface area (Å²) in [4.78, 5) is 0. The molecule has 1 saturated heterocycles. The highest BCUT2D eigenvalue weighted by Gasteiger charge is 2.18. The third-order valence-corrected chi connectivity index (χ3v) is 2.58. The van der Waals surface area contributed by atoms with Crippen molar-refractivity contribution in [2.75, 3.05) is 6.54 Å². The Morgan fingerprint density at radius 3 is 2.73 bits per heavy atom. The van der Waals surface area contributed by atoms with E-state index in [0.717, 1.165) is 6.42 Å². The van der Waals surface area contributed by atoms with E-state index in [2.05, 4.69) is 19.2 Å². The van der Waals surface area contributed by atoms with Crippen LogP contribution in [0.3, 0.4) is 0 Å². The van der Waals surface area contributed by atoms with Crippen molar-refractivity contribution in [1.29, 1.82) is 0 Å². The van der Waals surface area contributed by atoms with Crippen molar-refractivity contribution in [2.24, 2.45) is 11.7 Å². The summed E-state index contributed by atoms with van der Waals surface area (Å²) in [5.41, 5.74) is 5.96. The molecule has 3 N–H and O–H groups in total. The minimum atomic E-state index is 0.380. The lowest BCUT2D eigenvalue weighted by molar-refractivity contribution is 0.407. The Morgan fingerprint density at radius 1 is 1.55 bits per heavy atom. The molecule has 0 aromatic carbocycles. The maximum Gasteiger partial charge on any atom is 0.00823 e. The molecule has 0 aliphatic carbocycles. The molecule has 0 spiro atoms. The minimum absolute atomic E-state index is 0.380. The number of nitrogens with two attached hydrogens (primary N) is 1. The zero-order valence-electron chi connectivity index (χ0n) is 7.64. The van der Waals surface area contributed by atoms with E-state index in [4.69, 9.17) is 5.73 Å². The molecule has 0 aromatic rings. The molecule has 0 aromatic heterocycles. The second-order valence-electron chi connectivity index (χ2n) is 3.94.